The molecule has 0 aliphatic rings. The van der Waals surface area contributed by atoms with E-state index in [-0.39, 0.29) is 0 Å². The molecule has 0 N–H and O–H groups in total. The molecule has 1 unspecified atom stereocenters. The highest BCUT2D eigenvalue weighted by atomic mass is 14.7. The van der Waals surface area contributed by atoms with E-state index in [1.165, 1.54) is 0 Å². The molecule has 0 amide bonds. The van der Waals surface area contributed by atoms with Gasteiger partial charge in [0.15, 0.2) is 0 Å². The lowest BCUT2D eigenvalue weighted by atomic mass is 10.3. The predicted octanol–water partition coefficient (Wildman–Crippen LogP) is 1.88. The van der Waals surface area contributed by atoms with Crippen molar-refractivity contribution < 1.29 is 0 Å². The molecule has 42 valence electrons. The Morgan fingerprint density at radius 2 is 2.29 bits per heavy atom. The number of nitrogens with zero attached hydrogens (tertiary/aromatic N) is 1. The smallest absolute Gasteiger partial charge is 0.0464 e. The van der Waals surface area contributed by atoms with Crippen molar-refractivity contribution in [2.75, 3.05) is 0 Å². The Labute approximate surface area is 45.5 Å². The molecule has 0 aromatic heterocycles. The van der Waals surface area contributed by atoms with E-state index in [2.05, 4.69) is 18.8 Å². The molecular weight excluding hydrogens is 86.1 g/mol. The van der Waals surface area contributed by atoms with Crippen LogP contribution < -0.4 is 0 Å². The maximum atomic E-state index is 4.12. The van der Waals surface area contributed by atoms with Crippen LogP contribution in [0.5, 0.6) is 0 Å². The fraction of sp³-hybridized carbons (Fsp3) is 0.833. The van der Waals surface area contributed by atoms with Crippen LogP contribution in [-0.2, 0) is 0 Å². The third-order valence-corrected chi connectivity index (χ3v) is 0.994. The zero-order valence-electron chi connectivity index (χ0n) is 5.31. The van der Waals surface area contributed by atoms with Gasteiger partial charge in [-0.3, -0.25) is 4.99 Å². The summed E-state index contributed by atoms with van der Waals surface area (Å²) in [5.74, 6) is 0. The van der Waals surface area contributed by atoms with Gasteiger partial charge >= 0.3 is 0 Å². The van der Waals surface area contributed by atoms with Crippen LogP contribution in [0, 0.1) is 0 Å². The summed E-state index contributed by atoms with van der Waals surface area (Å²) in [6.07, 6.45) is 3.00. The molecule has 0 saturated carbocycles. The quantitative estimate of drug-likeness (QED) is 0.469. The molecule has 0 rings (SSSR count). The second-order valence-electron chi connectivity index (χ2n) is 1.66. The van der Waals surface area contributed by atoms with Gasteiger partial charge in [-0.2, -0.15) is 0 Å². The summed E-state index contributed by atoms with van der Waals surface area (Å²) in [6.45, 7) is 6.20. The van der Waals surface area contributed by atoms with Crippen molar-refractivity contribution in [1.82, 2.24) is 0 Å². The van der Waals surface area contributed by atoms with Crippen LogP contribution in [0.3, 0.4) is 0 Å². The van der Waals surface area contributed by atoms with Crippen LogP contribution in [0.1, 0.15) is 27.2 Å². The Hall–Kier alpha value is -0.330. The molecule has 1 heteroatoms. The molecule has 1 nitrogen and oxygen atoms in total. The van der Waals surface area contributed by atoms with E-state index in [4.69, 9.17) is 0 Å². The first kappa shape index (κ1) is 6.67. The van der Waals surface area contributed by atoms with Crippen LogP contribution in [0.4, 0.5) is 0 Å². The van der Waals surface area contributed by atoms with Crippen molar-refractivity contribution in [2.24, 2.45) is 4.99 Å². The van der Waals surface area contributed by atoms with Gasteiger partial charge in [-0.05, 0) is 26.5 Å². The van der Waals surface area contributed by atoms with Gasteiger partial charge in [0.25, 0.3) is 0 Å². The molecule has 0 aromatic rings. The van der Waals surface area contributed by atoms with Gasteiger partial charge < -0.3 is 0 Å². The van der Waals surface area contributed by atoms with Crippen LogP contribution >= 0.6 is 0 Å². The third-order valence-electron chi connectivity index (χ3n) is 0.994. The van der Waals surface area contributed by atoms with Gasteiger partial charge in [-0.15, -0.1) is 0 Å². The standard InChI is InChI=1S/C6H13N/c1-4-6(3)7-5-2/h5-6H,4H2,1-3H3. The Kier molecular flexibility index (Phi) is 3.67. The lowest BCUT2D eigenvalue weighted by Gasteiger charge is -1.95. The van der Waals surface area contributed by atoms with Gasteiger partial charge in [0.2, 0.25) is 0 Å². The Morgan fingerprint density at radius 3 is 2.43 bits per heavy atom. The fourth-order valence-electron chi connectivity index (χ4n) is 0.360. The van der Waals surface area contributed by atoms with Gasteiger partial charge in [-0.1, -0.05) is 6.92 Å². The first-order valence-corrected chi connectivity index (χ1v) is 2.79. The molecule has 0 bridgehead atoms. The average molecular weight is 99.2 g/mol. The minimum absolute atomic E-state index is 0.519. The van der Waals surface area contributed by atoms with E-state index in [9.17, 15) is 0 Å². The SMILES string of the molecule is CC=NC(C)CC. The van der Waals surface area contributed by atoms with E-state index in [0.717, 1.165) is 6.42 Å². The highest BCUT2D eigenvalue weighted by Gasteiger charge is 1.86. The van der Waals surface area contributed by atoms with Gasteiger partial charge in [-0.25, -0.2) is 0 Å². The average Bonchev–Trinajstić information content (AvgIpc) is 1.68. The van der Waals surface area contributed by atoms with Crippen LogP contribution in [0.25, 0.3) is 0 Å². The highest BCUT2D eigenvalue weighted by molar-refractivity contribution is 5.53. The van der Waals surface area contributed by atoms with Gasteiger partial charge in [0, 0.05) is 6.04 Å². The minimum atomic E-state index is 0.519. The zero-order chi connectivity index (χ0) is 5.70. The largest absolute Gasteiger partial charge is 0.295 e. The normalized spacial score (nSPS) is 15.3. The molecule has 0 heterocycles. The summed E-state index contributed by atoms with van der Waals surface area (Å²) < 4.78 is 0. The van der Waals surface area contributed by atoms with E-state index in [1.54, 1.807) is 0 Å². The van der Waals surface area contributed by atoms with Crippen molar-refractivity contribution in [2.45, 2.75) is 33.2 Å². The Morgan fingerprint density at radius 1 is 1.71 bits per heavy atom. The monoisotopic (exact) mass is 99.1 g/mol. The van der Waals surface area contributed by atoms with Gasteiger partial charge in [0.1, 0.15) is 0 Å². The van der Waals surface area contributed by atoms with Crippen LogP contribution in [0.15, 0.2) is 4.99 Å². The molecular formula is C6H13N. The summed E-state index contributed by atoms with van der Waals surface area (Å²) >= 11 is 0. The zero-order valence-corrected chi connectivity index (χ0v) is 5.31. The topological polar surface area (TPSA) is 12.4 Å². The maximum Gasteiger partial charge on any atom is 0.0464 e. The van der Waals surface area contributed by atoms with E-state index in [1.807, 2.05) is 13.1 Å². The summed E-state index contributed by atoms with van der Waals surface area (Å²) in [5, 5.41) is 0. The van der Waals surface area contributed by atoms with E-state index in [0.29, 0.717) is 6.04 Å². The van der Waals surface area contributed by atoms with Crippen LogP contribution in [-0.4, -0.2) is 12.3 Å². The molecule has 1 atom stereocenters. The van der Waals surface area contributed by atoms with Crippen molar-refractivity contribution >= 4 is 6.21 Å². The fourth-order valence-corrected chi connectivity index (χ4v) is 0.360. The molecule has 0 saturated heterocycles. The van der Waals surface area contributed by atoms with E-state index >= 15 is 0 Å². The second-order valence-corrected chi connectivity index (χ2v) is 1.66. The first-order chi connectivity index (χ1) is 3.31. The molecule has 0 spiro atoms. The number of rotatable bonds is 2. The predicted molar refractivity (Wildman–Crippen MR) is 33.9 cm³/mol. The molecule has 0 radical (unpaired) electrons. The highest BCUT2D eigenvalue weighted by Crippen LogP contribution is 1.91. The summed E-state index contributed by atoms with van der Waals surface area (Å²) in [7, 11) is 0. The lowest BCUT2D eigenvalue weighted by Crippen LogP contribution is -1.92. The molecule has 0 aliphatic carbocycles. The molecule has 0 aromatic carbocycles. The van der Waals surface area contributed by atoms with Crippen molar-refractivity contribution in [3.05, 3.63) is 0 Å². The first-order valence-electron chi connectivity index (χ1n) is 2.79. The molecule has 0 fully saturated rings. The van der Waals surface area contributed by atoms with Crippen molar-refractivity contribution in [3.63, 3.8) is 0 Å². The Bertz CT molecular complexity index is 57.2. The summed E-state index contributed by atoms with van der Waals surface area (Å²) in [4.78, 5) is 4.12. The Balaban J connectivity index is 3.16. The minimum Gasteiger partial charge on any atom is -0.295 e. The van der Waals surface area contributed by atoms with Gasteiger partial charge in [0.05, 0.1) is 0 Å². The van der Waals surface area contributed by atoms with Crippen molar-refractivity contribution in [1.29, 1.82) is 0 Å². The van der Waals surface area contributed by atoms with Crippen molar-refractivity contribution in [3.8, 4) is 0 Å². The maximum absolute atomic E-state index is 4.12. The number of hydrogen-bond acceptors (Lipinski definition) is 1. The molecule has 7 heavy (non-hydrogen) atoms. The molecule has 0 aliphatic heterocycles. The lowest BCUT2D eigenvalue weighted by molar-refractivity contribution is 0.720. The summed E-state index contributed by atoms with van der Waals surface area (Å²) in [5.41, 5.74) is 0. The number of hydrogen-bond donors (Lipinski definition) is 0. The number of aliphatic imine (C=N–C) groups is 1. The third kappa shape index (κ3) is 3.50. The van der Waals surface area contributed by atoms with Crippen LogP contribution in [0.2, 0.25) is 0 Å². The van der Waals surface area contributed by atoms with E-state index < -0.39 is 0 Å². The summed E-state index contributed by atoms with van der Waals surface area (Å²) in [6, 6.07) is 0.519. The second kappa shape index (κ2) is 3.85.